The van der Waals surface area contributed by atoms with Crippen molar-refractivity contribution in [1.29, 1.82) is 0 Å². The van der Waals surface area contributed by atoms with E-state index in [0.29, 0.717) is 30.8 Å². The van der Waals surface area contributed by atoms with Crippen molar-refractivity contribution in [1.82, 2.24) is 9.97 Å². The molecule has 5 heteroatoms. The van der Waals surface area contributed by atoms with E-state index in [1.54, 1.807) is 7.11 Å². The summed E-state index contributed by atoms with van der Waals surface area (Å²) in [4.78, 5) is 18.2. The summed E-state index contributed by atoms with van der Waals surface area (Å²) in [5.41, 5.74) is 0.139. The summed E-state index contributed by atoms with van der Waals surface area (Å²) >= 11 is 0. The van der Waals surface area contributed by atoms with E-state index in [2.05, 4.69) is 9.97 Å². The Hall–Kier alpha value is -1.36. The van der Waals surface area contributed by atoms with Crippen LogP contribution in [0.1, 0.15) is 31.2 Å². The number of H-pyrrole nitrogens is 1. The number of aromatic hydroxyl groups is 1. The van der Waals surface area contributed by atoms with Gasteiger partial charge in [0.25, 0.3) is 5.56 Å². The molecular formula is C11H18N2O3. The van der Waals surface area contributed by atoms with Crippen molar-refractivity contribution in [3.8, 4) is 5.88 Å². The molecule has 0 unspecified atom stereocenters. The third-order valence-electron chi connectivity index (χ3n) is 2.30. The molecule has 0 bridgehead atoms. The quantitative estimate of drug-likeness (QED) is 0.710. The number of hydrogen-bond acceptors (Lipinski definition) is 4. The van der Waals surface area contributed by atoms with Crippen molar-refractivity contribution >= 4 is 0 Å². The molecule has 1 rings (SSSR count). The van der Waals surface area contributed by atoms with E-state index in [-0.39, 0.29) is 11.4 Å². The smallest absolute Gasteiger partial charge is 0.257 e. The van der Waals surface area contributed by atoms with E-state index in [1.165, 1.54) is 0 Å². The fourth-order valence-corrected chi connectivity index (χ4v) is 1.51. The molecule has 2 N–H and O–H groups in total. The number of nitrogens with zero attached hydrogens (tertiary/aromatic N) is 1. The molecule has 0 saturated heterocycles. The minimum Gasteiger partial charge on any atom is -0.493 e. The van der Waals surface area contributed by atoms with Crippen molar-refractivity contribution in [2.24, 2.45) is 0 Å². The maximum Gasteiger partial charge on any atom is 0.257 e. The highest BCUT2D eigenvalue weighted by Crippen LogP contribution is 2.10. The van der Waals surface area contributed by atoms with Gasteiger partial charge in [-0.25, -0.2) is 4.98 Å². The monoisotopic (exact) mass is 226 g/mol. The number of hydrogen-bond donors (Lipinski definition) is 2. The number of aromatic amines is 1. The summed E-state index contributed by atoms with van der Waals surface area (Å²) in [5, 5.41) is 9.60. The Labute approximate surface area is 94.5 Å². The first kappa shape index (κ1) is 12.7. The second kappa shape index (κ2) is 6.27. The third kappa shape index (κ3) is 3.34. The zero-order valence-corrected chi connectivity index (χ0v) is 9.75. The van der Waals surface area contributed by atoms with Gasteiger partial charge in [0.1, 0.15) is 5.82 Å². The standard InChI is InChI=1S/C11H18N2O3/c1-3-5-8-10(14)12-9(13-11(8)15)6-4-7-16-2/h3-7H2,1-2H3,(H2,12,13,14,15). The summed E-state index contributed by atoms with van der Waals surface area (Å²) < 4.78 is 4.90. The molecular weight excluding hydrogens is 208 g/mol. The molecule has 0 amide bonds. The molecule has 1 aromatic heterocycles. The van der Waals surface area contributed by atoms with Gasteiger partial charge < -0.3 is 14.8 Å². The number of nitrogens with one attached hydrogen (secondary N) is 1. The van der Waals surface area contributed by atoms with Gasteiger partial charge in [-0.1, -0.05) is 13.3 Å². The molecule has 16 heavy (non-hydrogen) atoms. The maximum atomic E-state index is 11.6. The van der Waals surface area contributed by atoms with E-state index >= 15 is 0 Å². The van der Waals surface area contributed by atoms with Crippen molar-refractivity contribution < 1.29 is 9.84 Å². The van der Waals surface area contributed by atoms with Crippen LogP contribution < -0.4 is 5.56 Å². The number of rotatable bonds is 6. The van der Waals surface area contributed by atoms with Crippen molar-refractivity contribution in [2.45, 2.75) is 32.6 Å². The van der Waals surface area contributed by atoms with E-state index < -0.39 is 0 Å². The molecule has 0 spiro atoms. The number of ether oxygens (including phenoxy) is 1. The molecule has 0 atom stereocenters. The minimum atomic E-state index is -0.234. The Morgan fingerprint density at radius 1 is 1.44 bits per heavy atom. The topological polar surface area (TPSA) is 75.2 Å². The lowest BCUT2D eigenvalue weighted by Crippen LogP contribution is -2.17. The van der Waals surface area contributed by atoms with Crippen molar-refractivity contribution in [2.75, 3.05) is 13.7 Å². The van der Waals surface area contributed by atoms with Crippen molar-refractivity contribution in [3.05, 3.63) is 21.7 Å². The van der Waals surface area contributed by atoms with Crippen LogP contribution in [0, 0.1) is 0 Å². The summed E-state index contributed by atoms with van der Waals surface area (Å²) in [6.07, 6.45) is 2.73. The van der Waals surface area contributed by atoms with Gasteiger partial charge in [0, 0.05) is 20.1 Å². The minimum absolute atomic E-state index is 0.141. The second-order valence-electron chi connectivity index (χ2n) is 3.66. The SMILES string of the molecule is CCCc1c(O)nc(CCCOC)[nH]c1=O. The van der Waals surface area contributed by atoms with E-state index in [0.717, 1.165) is 12.8 Å². The molecule has 0 aliphatic carbocycles. The molecule has 0 aliphatic rings. The fraction of sp³-hybridized carbons (Fsp3) is 0.636. The summed E-state index contributed by atoms with van der Waals surface area (Å²) in [6, 6.07) is 0. The van der Waals surface area contributed by atoms with Crippen LogP contribution in [-0.2, 0) is 17.6 Å². The average molecular weight is 226 g/mol. The lowest BCUT2D eigenvalue weighted by Gasteiger charge is -2.04. The van der Waals surface area contributed by atoms with Gasteiger partial charge in [0.05, 0.1) is 5.56 Å². The zero-order chi connectivity index (χ0) is 12.0. The van der Waals surface area contributed by atoms with Crippen LogP contribution in [0.2, 0.25) is 0 Å². The highest BCUT2D eigenvalue weighted by Gasteiger charge is 2.09. The predicted molar refractivity (Wildman–Crippen MR) is 60.7 cm³/mol. The molecule has 0 aromatic carbocycles. The number of methoxy groups -OCH3 is 1. The molecule has 0 radical (unpaired) electrons. The third-order valence-corrected chi connectivity index (χ3v) is 2.30. The van der Waals surface area contributed by atoms with Crippen LogP contribution in [0.3, 0.4) is 0 Å². The molecule has 1 aromatic rings. The average Bonchev–Trinajstić information content (AvgIpc) is 2.24. The highest BCUT2D eigenvalue weighted by molar-refractivity contribution is 5.22. The molecule has 5 nitrogen and oxygen atoms in total. The largest absolute Gasteiger partial charge is 0.493 e. The highest BCUT2D eigenvalue weighted by atomic mass is 16.5. The number of aryl methyl sites for hydroxylation is 1. The van der Waals surface area contributed by atoms with Crippen LogP contribution in [-0.4, -0.2) is 28.8 Å². The van der Waals surface area contributed by atoms with Gasteiger partial charge in [-0.2, -0.15) is 0 Å². The van der Waals surface area contributed by atoms with E-state index in [9.17, 15) is 9.90 Å². The first-order chi connectivity index (χ1) is 7.69. The molecule has 90 valence electrons. The van der Waals surface area contributed by atoms with Crippen molar-refractivity contribution in [3.63, 3.8) is 0 Å². The Kier molecular flexibility index (Phi) is 4.98. The van der Waals surface area contributed by atoms with Crippen LogP contribution in [0.5, 0.6) is 5.88 Å². The summed E-state index contributed by atoms with van der Waals surface area (Å²) in [5.74, 6) is 0.373. The first-order valence-corrected chi connectivity index (χ1v) is 5.49. The van der Waals surface area contributed by atoms with Crippen LogP contribution in [0.15, 0.2) is 4.79 Å². The van der Waals surface area contributed by atoms with Gasteiger partial charge >= 0.3 is 0 Å². The van der Waals surface area contributed by atoms with Gasteiger partial charge in [-0.05, 0) is 12.8 Å². The van der Waals surface area contributed by atoms with Gasteiger partial charge in [-0.15, -0.1) is 0 Å². The Morgan fingerprint density at radius 3 is 2.75 bits per heavy atom. The first-order valence-electron chi connectivity index (χ1n) is 5.49. The van der Waals surface area contributed by atoms with Crippen LogP contribution in [0.4, 0.5) is 0 Å². The van der Waals surface area contributed by atoms with Crippen LogP contribution in [0.25, 0.3) is 0 Å². The molecule has 1 heterocycles. The summed E-state index contributed by atoms with van der Waals surface area (Å²) in [7, 11) is 1.62. The molecule has 0 saturated carbocycles. The Bertz CT molecular complexity index is 387. The molecule has 0 aliphatic heterocycles. The van der Waals surface area contributed by atoms with E-state index in [4.69, 9.17) is 4.74 Å². The molecule has 0 fully saturated rings. The van der Waals surface area contributed by atoms with Gasteiger partial charge in [0.15, 0.2) is 0 Å². The van der Waals surface area contributed by atoms with E-state index in [1.807, 2.05) is 6.92 Å². The van der Waals surface area contributed by atoms with Crippen LogP contribution >= 0.6 is 0 Å². The number of aromatic nitrogens is 2. The lowest BCUT2D eigenvalue weighted by atomic mass is 10.2. The normalized spacial score (nSPS) is 10.6. The van der Waals surface area contributed by atoms with Gasteiger partial charge in [0.2, 0.25) is 5.88 Å². The predicted octanol–water partition coefficient (Wildman–Crippen LogP) is 1.01. The summed E-state index contributed by atoms with van der Waals surface area (Å²) in [6.45, 7) is 2.56. The van der Waals surface area contributed by atoms with Gasteiger partial charge in [-0.3, -0.25) is 4.79 Å². The zero-order valence-electron chi connectivity index (χ0n) is 9.75. The Morgan fingerprint density at radius 2 is 2.19 bits per heavy atom. The fourth-order valence-electron chi connectivity index (χ4n) is 1.51. The second-order valence-corrected chi connectivity index (χ2v) is 3.66. The maximum absolute atomic E-state index is 11.6. The lowest BCUT2D eigenvalue weighted by molar-refractivity contribution is 0.194. The Balaban J connectivity index is 2.79.